The highest BCUT2D eigenvalue weighted by molar-refractivity contribution is 5.93. The molecular weight excluding hydrogens is 406 g/mol. The van der Waals surface area contributed by atoms with Gasteiger partial charge in [-0.05, 0) is 49.2 Å². The van der Waals surface area contributed by atoms with Crippen LogP contribution in [0.25, 0.3) is 22.4 Å². The lowest BCUT2D eigenvalue weighted by molar-refractivity contribution is 0.100. The normalized spacial score (nSPS) is 14.6. The Hall–Kier alpha value is -4.05. The predicted molar refractivity (Wildman–Crippen MR) is 123 cm³/mol. The summed E-state index contributed by atoms with van der Waals surface area (Å²) in [6.07, 6.45) is 5.35. The van der Waals surface area contributed by atoms with Gasteiger partial charge in [0.25, 0.3) is 0 Å². The number of carbonyl (C=O) groups excluding carboxylic acids is 1. The van der Waals surface area contributed by atoms with Crippen LogP contribution in [0.3, 0.4) is 0 Å². The molecule has 6 N–H and O–H groups in total. The number of primary amides is 1. The van der Waals surface area contributed by atoms with Gasteiger partial charge < -0.3 is 26.7 Å². The van der Waals surface area contributed by atoms with Crippen molar-refractivity contribution in [2.24, 2.45) is 11.5 Å². The molecule has 4 aromatic rings. The number of nitrogens with zero attached hydrogens (tertiary/aromatic N) is 5. The average molecular weight is 429 g/mol. The predicted octanol–water partition coefficient (Wildman–Crippen LogP) is 2.18. The first-order chi connectivity index (χ1) is 15.6. The zero-order valence-corrected chi connectivity index (χ0v) is 17.3. The van der Waals surface area contributed by atoms with E-state index in [0.717, 1.165) is 48.5 Å². The molecule has 3 aromatic heterocycles. The highest BCUT2D eigenvalue weighted by Crippen LogP contribution is 2.27. The Morgan fingerprint density at radius 2 is 1.84 bits per heavy atom. The lowest BCUT2D eigenvalue weighted by Gasteiger charge is -2.31. The molecule has 1 aromatic carbocycles. The van der Waals surface area contributed by atoms with E-state index in [9.17, 15) is 4.79 Å². The van der Waals surface area contributed by atoms with Crippen molar-refractivity contribution in [3.05, 3.63) is 54.5 Å². The second-order valence-electron chi connectivity index (χ2n) is 7.79. The first kappa shape index (κ1) is 19.9. The van der Waals surface area contributed by atoms with Crippen LogP contribution in [-0.2, 0) is 0 Å². The summed E-state index contributed by atoms with van der Waals surface area (Å²) in [4.78, 5) is 34.8. The maximum atomic E-state index is 11.3. The summed E-state index contributed by atoms with van der Waals surface area (Å²) in [5.74, 6) is 0.848. The highest BCUT2D eigenvalue weighted by Gasteiger charge is 2.18. The third-order valence-electron chi connectivity index (χ3n) is 5.60. The molecule has 1 amide bonds. The molecule has 0 atom stereocenters. The first-order valence-electron chi connectivity index (χ1n) is 10.4. The van der Waals surface area contributed by atoms with E-state index in [1.807, 2.05) is 18.3 Å². The number of carbonyl (C=O) groups is 1. The second-order valence-corrected chi connectivity index (χ2v) is 7.79. The maximum Gasteiger partial charge on any atom is 0.248 e. The fourth-order valence-electron chi connectivity index (χ4n) is 3.79. The number of amides is 1. The lowest BCUT2D eigenvalue weighted by Crippen LogP contribution is -2.40. The van der Waals surface area contributed by atoms with Crippen LogP contribution >= 0.6 is 0 Å². The number of piperidine rings is 1. The number of nitrogens with one attached hydrogen (secondary N) is 2. The molecule has 1 aliphatic heterocycles. The number of fused-ring (bicyclic) bond motifs is 1. The first-order valence-corrected chi connectivity index (χ1v) is 10.4. The number of H-pyrrole nitrogens is 1. The Labute approximate surface area is 184 Å². The minimum atomic E-state index is -0.476. The summed E-state index contributed by atoms with van der Waals surface area (Å²) in [7, 11) is 0. The molecule has 5 rings (SSSR count). The average Bonchev–Trinajstić information content (AvgIpc) is 3.28. The van der Waals surface area contributed by atoms with Gasteiger partial charge in [0.2, 0.25) is 11.9 Å². The van der Waals surface area contributed by atoms with Gasteiger partial charge in [-0.25, -0.2) is 15.0 Å². The molecule has 0 saturated carbocycles. The molecule has 32 heavy (non-hydrogen) atoms. The van der Waals surface area contributed by atoms with Crippen LogP contribution in [0.1, 0.15) is 23.2 Å². The topological polar surface area (TPSA) is 152 Å². The molecule has 10 heteroatoms. The van der Waals surface area contributed by atoms with E-state index >= 15 is 0 Å². The van der Waals surface area contributed by atoms with Gasteiger partial charge in [-0.2, -0.15) is 4.98 Å². The van der Waals surface area contributed by atoms with Crippen LogP contribution in [0.4, 0.5) is 17.5 Å². The number of nitrogens with two attached hydrogens (primary N) is 2. The van der Waals surface area contributed by atoms with Crippen LogP contribution in [0.5, 0.6) is 0 Å². The van der Waals surface area contributed by atoms with Crippen LogP contribution in [0.2, 0.25) is 0 Å². The number of aromatic amines is 1. The largest absolute Gasteiger partial charge is 0.366 e. The Bertz CT molecular complexity index is 1240. The van der Waals surface area contributed by atoms with Crippen molar-refractivity contribution < 1.29 is 4.79 Å². The van der Waals surface area contributed by atoms with E-state index < -0.39 is 5.91 Å². The monoisotopic (exact) mass is 429 g/mol. The van der Waals surface area contributed by atoms with Gasteiger partial charge in [0, 0.05) is 42.1 Å². The standard InChI is InChI=1S/C22H23N9O/c23-15-7-9-31(10-8-15)17-6-3-14(11-25-17)18-19-21(27-12-26-19)30-22(29-18)28-16-4-1-13(2-5-16)20(24)32/h1-6,11-12,15H,7-10,23H2,(H2,24,32)(H2,26,27,28,29,30). The number of hydrogen-bond acceptors (Lipinski definition) is 8. The van der Waals surface area contributed by atoms with E-state index in [1.54, 1.807) is 30.6 Å². The van der Waals surface area contributed by atoms with Crippen molar-refractivity contribution in [1.82, 2.24) is 24.9 Å². The van der Waals surface area contributed by atoms with Gasteiger partial charge in [0.05, 0.1) is 6.33 Å². The number of pyridine rings is 1. The van der Waals surface area contributed by atoms with Crippen molar-refractivity contribution in [1.29, 1.82) is 0 Å². The molecule has 0 bridgehead atoms. The van der Waals surface area contributed by atoms with E-state index in [-0.39, 0.29) is 6.04 Å². The molecule has 0 spiro atoms. The number of anilines is 3. The van der Waals surface area contributed by atoms with E-state index in [0.29, 0.717) is 22.9 Å². The number of aromatic nitrogens is 5. The van der Waals surface area contributed by atoms with Gasteiger partial charge in [0.1, 0.15) is 17.0 Å². The van der Waals surface area contributed by atoms with Crippen LogP contribution < -0.4 is 21.7 Å². The minimum Gasteiger partial charge on any atom is -0.366 e. The van der Waals surface area contributed by atoms with Crippen LogP contribution in [0.15, 0.2) is 48.9 Å². The molecule has 1 fully saturated rings. The smallest absolute Gasteiger partial charge is 0.248 e. The highest BCUT2D eigenvalue weighted by atomic mass is 16.1. The summed E-state index contributed by atoms with van der Waals surface area (Å²) < 4.78 is 0. The third kappa shape index (κ3) is 3.95. The van der Waals surface area contributed by atoms with E-state index in [1.165, 1.54) is 0 Å². The van der Waals surface area contributed by atoms with Crippen molar-refractivity contribution in [2.45, 2.75) is 18.9 Å². The van der Waals surface area contributed by atoms with Crippen molar-refractivity contribution in [3.8, 4) is 11.3 Å². The Balaban J connectivity index is 1.43. The van der Waals surface area contributed by atoms with Gasteiger partial charge >= 0.3 is 0 Å². The quantitative estimate of drug-likeness (QED) is 0.377. The molecule has 1 aliphatic rings. The Kier molecular flexibility index (Phi) is 5.12. The SMILES string of the molecule is NC(=O)c1ccc(Nc2nc(-c3ccc(N4CCC(N)CC4)nc3)c3[nH]cnc3n2)cc1. The Morgan fingerprint density at radius 3 is 2.53 bits per heavy atom. The molecule has 1 saturated heterocycles. The second kappa shape index (κ2) is 8.23. The Morgan fingerprint density at radius 1 is 1.06 bits per heavy atom. The summed E-state index contributed by atoms with van der Waals surface area (Å²) in [5, 5.41) is 3.16. The zero-order valence-electron chi connectivity index (χ0n) is 17.3. The zero-order chi connectivity index (χ0) is 22.1. The minimum absolute atomic E-state index is 0.276. The van der Waals surface area contributed by atoms with Gasteiger partial charge in [0.15, 0.2) is 5.65 Å². The van der Waals surface area contributed by atoms with Crippen molar-refractivity contribution in [2.75, 3.05) is 23.3 Å². The number of imidazole rings is 1. The summed E-state index contributed by atoms with van der Waals surface area (Å²) in [6.45, 7) is 1.82. The molecular formula is C22H23N9O. The van der Waals surface area contributed by atoms with Crippen LogP contribution in [-0.4, -0.2) is 50.0 Å². The van der Waals surface area contributed by atoms with Crippen molar-refractivity contribution >= 4 is 34.5 Å². The molecule has 4 heterocycles. The third-order valence-corrected chi connectivity index (χ3v) is 5.60. The molecule has 10 nitrogen and oxygen atoms in total. The fourth-order valence-corrected chi connectivity index (χ4v) is 3.79. The summed E-state index contributed by atoms with van der Waals surface area (Å²) in [5.41, 5.74) is 15.3. The number of benzene rings is 1. The fraction of sp³-hybridized carbons (Fsp3) is 0.227. The van der Waals surface area contributed by atoms with Gasteiger partial charge in [-0.1, -0.05) is 0 Å². The van der Waals surface area contributed by atoms with Crippen molar-refractivity contribution in [3.63, 3.8) is 0 Å². The maximum absolute atomic E-state index is 11.3. The number of rotatable bonds is 5. The molecule has 162 valence electrons. The van der Waals surface area contributed by atoms with E-state index in [4.69, 9.17) is 16.5 Å². The van der Waals surface area contributed by atoms with Crippen LogP contribution in [0, 0.1) is 0 Å². The molecule has 0 unspecified atom stereocenters. The number of hydrogen-bond donors (Lipinski definition) is 4. The van der Waals surface area contributed by atoms with E-state index in [2.05, 4.69) is 30.2 Å². The summed E-state index contributed by atoms with van der Waals surface area (Å²) in [6, 6.07) is 11.1. The summed E-state index contributed by atoms with van der Waals surface area (Å²) >= 11 is 0. The van der Waals surface area contributed by atoms with Gasteiger partial charge in [-0.3, -0.25) is 4.79 Å². The molecule has 0 aliphatic carbocycles. The molecule has 0 radical (unpaired) electrons. The van der Waals surface area contributed by atoms with Gasteiger partial charge in [-0.15, -0.1) is 0 Å². The lowest BCUT2D eigenvalue weighted by atomic mass is 10.1.